The summed E-state index contributed by atoms with van der Waals surface area (Å²) in [7, 11) is -3.30. The van der Waals surface area contributed by atoms with Gasteiger partial charge in [-0.15, -0.1) is 0 Å². The third kappa shape index (κ3) is 3.82. The Morgan fingerprint density at radius 2 is 1.71 bits per heavy atom. The standard InChI is InChI=1S/C15H15NO4S/c1-21(19,20)14-5-3-2-4-13(14)16-10-11-6-8-12(9-7-11)15(17)18/h2-9,16H,10H2,1H3,(H,17,18). The molecule has 0 saturated carbocycles. The van der Waals surface area contributed by atoms with Crippen molar-refractivity contribution in [2.45, 2.75) is 11.4 Å². The SMILES string of the molecule is CS(=O)(=O)c1ccccc1NCc1ccc(C(=O)O)cc1. The number of carbonyl (C=O) groups is 1. The van der Waals surface area contributed by atoms with Gasteiger partial charge in [-0.1, -0.05) is 24.3 Å². The predicted molar refractivity (Wildman–Crippen MR) is 80.3 cm³/mol. The van der Waals surface area contributed by atoms with Gasteiger partial charge >= 0.3 is 5.97 Å². The second-order valence-electron chi connectivity index (χ2n) is 4.62. The van der Waals surface area contributed by atoms with Crippen LogP contribution in [0.3, 0.4) is 0 Å². The summed E-state index contributed by atoms with van der Waals surface area (Å²) in [5.74, 6) is -0.975. The van der Waals surface area contributed by atoms with E-state index >= 15 is 0 Å². The number of hydrogen-bond acceptors (Lipinski definition) is 4. The zero-order valence-electron chi connectivity index (χ0n) is 11.4. The number of hydrogen-bond donors (Lipinski definition) is 2. The summed E-state index contributed by atoms with van der Waals surface area (Å²) in [6.45, 7) is 0.409. The van der Waals surface area contributed by atoms with E-state index in [2.05, 4.69) is 5.32 Å². The first-order valence-electron chi connectivity index (χ1n) is 6.23. The van der Waals surface area contributed by atoms with Crippen LogP contribution in [0, 0.1) is 0 Å². The molecule has 5 nitrogen and oxygen atoms in total. The van der Waals surface area contributed by atoms with Crippen molar-refractivity contribution in [2.75, 3.05) is 11.6 Å². The van der Waals surface area contributed by atoms with Crippen molar-refractivity contribution in [2.24, 2.45) is 0 Å². The lowest BCUT2D eigenvalue weighted by atomic mass is 10.1. The van der Waals surface area contributed by atoms with E-state index in [1.54, 1.807) is 36.4 Å². The first-order valence-corrected chi connectivity index (χ1v) is 8.12. The molecular formula is C15H15NO4S. The molecule has 0 radical (unpaired) electrons. The quantitative estimate of drug-likeness (QED) is 0.886. The minimum atomic E-state index is -3.30. The van der Waals surface area contributed by atoms with Gasteiger partial charge in [0.2, 0.25) is 0 Å². The van der Waals surface area contributed by atoms with Crippen molar-refractivity contribution in [3.8, 4) is 0 Å². The van der Waals surface area contributed by atoms with Crippen LogP contribution in [0.15, 0.2) is 53.4 Å². The monoisotopic (exact) mass is 305 g/mol. The topological polar surface area (TPSA) is 83.5 Å². The van der Waals surface area contributed by atoms with Crippen LogP contribution in [-0.4, -0.2) is 25.7 Å². The fraction of sp³-hybridized carbons (Fsp3) is 0.133. The normalized spacial score (nSPS) is 11.1. The number of nitrogens with one attached hydrogen (secondary N) is 1. The molecule has 0 amide bonds. The van der Waals surface area contributed by atoms with Crippen molar-refractivity contribution in [1.29, 1.82) is 0 Å². The Balaban J connectivity index is 2.15. The van der Waals surface area contributed by atoms with E-state index in [4.69, 9.17) is 5.11 Å². The van der Waals surface area contributed by atoms with Crippen LogP contribution in [0.25, 0.3) is 0 Å². The van der Waals surface area contributed by atoms with Gasteiger partial charge in [-0.3, -0.25) is 0 Å². The number of anilines is 1. The van der Waals surface area contributed by atoms with Crippen molar-refractivity contribution in [3.05, 3.63) is 59.7 Å². The van der Waals surface area contributed by atoms with Gasteiger partial charge in [0.15, 0.2) is 9.84 Å². The van der Waals surface area contributed by atoms with Gasteiger partial charge < -0.3 is 10.4 Å². The van der Waals surface area contributed by atoms with E-state index < -0.39 is 15.8 Å². The Labute approximate surface area is 123 Å². The fourth-order valence-corrected chi connectivity index (χ4v) is 2.76. The Bertz CT molecular complexity index is 751. The molecule has 2 rings (SSSR count). The number of benzene rings is 2. The molecule has 0 fully saturated rings. The molecule has 0 spiro atoms. The maximum absolute atomic E-state index is 11.7. The molecule has 0 saturated heterocycles. The summed E-state index contributed by atoms with van der Waals surface area (Å²) in [4.78, 5) is 11.0. The fourth-order valence-electron chi connectivity index (χ4n) is 1.90. The molecular weight excluding hydrogens is 290 g/mol. The smallest absolute Gasteiger partial charge is 0.335 e. The molecule has 0 aromatic heterocycles. The third-order valence-corrected chi connectivity index (χ3v) is 4.13. The van der Waals surface area contributed by atoms with Crippen molar-refractivity contribution < 1.29 is 18.3 Å². The molecule has 2 aromatic carbocycles. The Kier molecular flexibility index (Phi) is 4.28. The molecule has 2 aromatic rings. The second kappa shape index (κ2) is 5.97. The molecule has 0 aliphatic rings. The minimum Gasteiger partial charge on any atom is -0.478 e. The van der Waals surface area contributed by atoms with E-state index in [-0.39, 0.29) is 10.5 Å². The molecule has 110 valence electrons. The zero-order chi connectivity index (χ0) is 15.5. The molecule has 0 bridgehead atoms. The minimum absolute atomic E-state index is 0.218. The van der Waals surface area contributed by atoms with E-state index in [1.807, 2.05) is 0 Å². The van der Waals surface area contributed by atoms with Crippen molar-refractivity contribution in [1.82, 2.24) is 0 Å². The lowest BCUT2D eigenvalue weighted by Gasteiger charge is -2.11. The van der Waals surface area contributed by atoms with Gasteiger partial charge in [-0.25, -0.2) is 13.2 Å². The van der Waals surface area contributed by atoms with Gasteiger partial charge in [-0.05, 0) is 29.8 Å². The van der Waals surface area contributed by atoms with Crippen molar-refractivity contribution >= 4 is 21.5 Å². The van der Waals surface area contributed by atoms with Gasteiger partial charge in [0.05, 0.1) is 16.1 Å². The first kappa shape index (κ1) is 15.1. The lowest BCUT2D eigenvalue weighted by molar-refractivity contribution is 0.0697. The van der Waals surface area contributed by atoms with E-state index in [1.165, 1.54) is 12.1 Å². The van der Waals surface area contributed by atoms with Gasteiger partial charge in [-0.2, -0.15) is 0 Å². The number of carboxylic acids is 1. The molecule has 0 aliphatic carbocycles. The summed E-state index contributed by atoms with van der Waals surface area (Å²) in [6, 6.07) is 13.1. The first-order chi connectivity index (χ1) is 9.88. The molecule has 0 heterocycles. The summed E-state index contributed by atoms with van der Waals surface area (Å²) in [5, 5.41) is 11.9. The molecule has 6 heteroatoms. The maximum Gasteiger partial charge on any atom is 0.335 e. The largest absolute Gasteiger partial charge is 0.478 e. The van der Waals surface area contributed by atoms with Gasteiger partial charge in [0.25, 0.3) is 0 Å². The van der Waals surface area contributed by atoms with Gasteiger partial charge in [0, 0.05) is 12.8 Å². The molecule has 0 aliphatic heterocycles. The highest BCUT2D eigenvalue weighted by Crippen LogP contribution is 2.21. The van der Waals surface area contributed by atoms with E-state index in [0.29, 0.717) is 12.2 Å². The Morgan fingerprint density at radius 3 is 2.29 bits per heavy atom. The van der Waals surface area contributed by atoms with Crippen molar-refractivity contribution in [3.63, 3.8) is 0 Å². The zero-order valence-corrected chi connectivity index (χ0v) is 12.2. The second-order valence-corrected chi connectivity index (χ2v) is 6.61. The van der Waals surface area contributed by atoms with Crippen LogP contribution in [0.2, 0.25) is 0 Å². The highest BCUT2D eigenvalue weighted by Gasteiger charge is 2.12. The summed E-state index contributed by atoms with van der Waals surface area (Å²) in [6.07, 6.45) is 1.16. The van der Waals surface area contributed by atoms with E-state index in [9.17, 15) is 13.2 Å². The average molecular weight is 305 g/mol. The molecule has 0 unspecified atom stereocenters. The van der Waals surface area contributed by atoms with Crippen LogP contribution < -0.4 is 5.32 Å². The highest BCUT2D eigenvalue weighted by molar-refractivity contribution is 7.90. The number of rotatable bonds is 5. The average Bonchev–Trinajstić information content (AvgIpc) is 2.45. The summed E-state index contributed by atoms with van der Waals surface area (Å²) < 4.78 is 23.4. The number of para-hydroxylation sites is 1. The third-order valence-electron chi connectivity index (χ3n) is 2.97. The maximum atomic E-state index is 11.7. The summed E-state index contributed by atoms with van der Waals surface area (Å²) in [5.41, 5.74) is 1.61. The molecule has 2 N–H and O–H groups in total. The Hall–Kier alpha value is -2.34. The van der Waals surface area contributed by atoms with Crippen LogP contribution in [0.5, 0.6) is 0 Å². The lowest BCUT2D eigenvalue weighted by Crippen LogP contribution is -2.06. The van der Waals surface area contributed by atoms with Crippen LogP contribution in [0.4, 0.5) is 5.69 Å². The number of aromatic carboxylic acids is 1. The number of carboxylic acid groups (broad SMARTS) is 1. The van der Waals surface area contributed by atoms with Gasteiger partial charge in [0.1, 0.15) is 0 Å². The highest BCUT2D eigenvalue weighted by atomic mass is 32.2. The Morgan fingerprint density at radius 1 is 1.10 bits per heavy atom. The summed E-state index contributed by atoms with van der Waals surface area (Å²) >= 11 is 0. The van der Waals surface area contributed by atoms with Crippen LogP contribution >= 0.6 is 0 Å². The van der Waals surface area contributed by atoms with E-state index in [0.717, 1.165) is 11.8 Å². The molecule has 21 heavy (non-hydrogen) atoms. The number of sulfone groups is 1. The van der Waals surface area contributed by atoms with Crippen LogP contribution in [-0.2, 0) is 16.4 Å². The van der Waals surface area contributed by atoms with Crippen LogP contribution in [0.1, 0.15) is 15.9 Å². The predicted octanol–water partition coefficient (Wildman–Crippen LogP) is 2.40. The molecule has 0 atom stereocenters.